The van der Waals surface area contributed by atoms with Crippen LogP contribution >= 0.6 is 35.3 Å². The van der Waals surface area contributed by atoms with E-state index in [9.17, 15) is 22.0 Å². The maximum Gasteiger partial charge on any atom is 0.434 e. The number of alkyl halides is 3. The Morgan fingerprint density at radius 2 is 1.96 bits per heavy atom. The molecule has 0 unspecified atom stereocenters. The van der Waals surface area contributed by atoms with Crippen molar-refractivity contribution >= 4 is 41.3 Å². The topological polar surface area (TPSA) is 49.3 Å². The number of nitrogens with zero attached hydrogens (tertiary/aromatic N) is 2. The maximum absolute atomic E-state index is 13.6. The molecule has 11 heteroatoms. The molecule has 150 valence electrons. The number of thiazole rings is 1. The summed E-state index contributed by atoms with van der Waals surface area (Å²) in [6.07, 6.45) is -4.17. The normalized spacial score (nSPS) is 11.9. The monoisotopic (exact) mass is 520 g/mol. The number of aromatic nitrogens is 1. The molecule has 1 aromatic carbocycles. The van der Waals surface area contributed by atoms with Gasteiger partial charge in [-0.05, 0) is 25.1 Å². The highest BCUT2D eigenvalue weighted by Gasteiger charge is 2.33. The van der Waals surface area contributed by atoms with Gasteiger partial charge in [0.25, 0.3) is 0 Å². The average Bonchev–Trinajstić information content (AvgIpc) is 3.04. The third-order valence-electron chi connectivity index (χ3n) is 3.23. The SMILES string of the molecule is CCNC(=NCc1cc(F)ccc1F)NCCc1nc(C(F)(F)F)cs1.I. The first-order valence-electron chi connectivity index (χ1n) is 7.77. The van der Waals surface area contributed by atoms with E-state index in [0.29, 0.717) is 24.1 Å². The van der Waals surface area contributed by atoms with Gasteiger partial charge in [0.2, 0.25) is 0 Å². The van der Waals surface area contributed by atoms with Crippen LogP contribution in [0.2, 0.25) is 0 Å². The molecular formula is C16H18F5IN4S. The zero-order valence-electron chi connectivity index (χ0n) is 14.2. The minimum absolute atomic E-state index is 0. The van der Waals surface area contributed by atoms with Gasteiger partial charge in [0.15, 0.2) is 11.7 Å². The van der Waals surface area contributed by atoms with E-state index < -0.39 is 23.5 Å². The van der Waals surface area contributed by atoms with E-state index >= 15 is 0 Å². The summed E-state index contributed by atoms with van der Waals surface area (Å²) in [5.74, 6) is -0.768. The minimum Gasteiger partial charge on any atom is -0.357 e. The van der Waals surface area contributed by atoms with Gasteiger partial charge in [0.05, 0.1) is 11.6 Å². The number of rotatable bonds is 6. The fourth-order valence-corrected chi connectivity index (χ4v) is 2.82. The van der Waals surface area contributed by atoms with Crippen LogP contribution in [-0.2, 0) is 19.1 Å². The molecule has 2 rings (SSSR count). The third-order valence-corrected chi connectivity index (χ3v) is 4.14. The first kappa shape index (κ1) is 23.5. The molecule has 0 saturated carbocycles. The lowest BCUT2D eigenvalue weighted by Gasteiger charge is -2.11. The summed E-state index contributed by atoms with van der Waals surface area (Å²) in [6.45, 7) is 2.58. The molecule has 0 fully saturated rings. The van der Waals surface area contributed by atoms with Crippen molar-refractivity contribution in [2.24, 2.45) is 4.99 Å². The Balaban J connectivity index is 0.00000364. The fraction of sp³-hybridized carbons (Fsp3) is 0.375. The Morgan fingerprint density at radius 3 is 2.59 bits per heavy atom. The molecule has 0 amide bonds. The van der Waals surface area contributed by atoms with Crippen molar-refractivity contribution in [3.8, 4) is 0 Å². The third kappa shape index (κ3) is 7.56. The number of halogens is 6. The van der Waals surface area contributed by atoms with Crippen LogP contribution in [-0.4, -0.2) is 24.0 Å². The van der Waals surface area contributed by atoms with Crippen molar-refractivity contribution in [2.75, 3.05) is 13.1 Å². The summed E-state index contributed by atoms with van der Waals surface area (Å²) in [5, 5.41) is 7.18. The standard InChI is InChI=1S/C16H17F5N4S.HI/c1-2-22-15(24-8-10-7-11(17)3-4-12(10)18)23-6-5-14-25-13(9-26-14)16(19,20)21;/h3-4,7,9H,2,5-6,8H2,1H3,(H2,22,23,24);1H. The molecule has 2 N–H and O–H groups in total. The van der Waals surface area contributed by atoms with Crippen molar-refractivity contribution in [1.82, 2.24) is 15.6 Å². The van der Waals surface area contributed by atoms with E-state index in [1.54, 1.807) is 0 Å². The highest BCUT2D eigenvalue weighted by Crippen LogP contribution is 2.29. The summed E-state index contributed by atoms with van der Waals surface area (Å²) < 4.78 is 64.3. The molecule has 4 nitrogen and oxygen atoms in total. The molecular weight excluding hydrogens is 502 g/mol. The van der Waals surface area contributed by atoms with Gasteiger partial charge >= 0.3 is 6.18 Å². The van der Waals surface area contributed by atoms with Gasteiger partial charge in [-0.25, -0.2) is 18.8 Å². The van der Waals surface area contributed by atoms with E-state index in [0.717, 1.165) is 34.9 Å². The average molecular weight is 520 g/mol. The molecule has 0 spiro atoms. The minimum atomic E-state index is -4.45. The summed E-state index contributed by atoms with van der Waals surface area (Å²) in [5.41, 5.74) is -0.795. The summed E-state index contributed by atoms with van der Waals surface area (Å²) in [6, 6.07) is 3.12. The van der Waals surface area contributed by atoms with Gasteiger partial charge in [0.1, 0.15) is 11.6 Å². The summed E-state index contributed by atoms with van der Waals surface area (Å²) >= 11 is 0.933. The van der Waals surface area contributed by atoms with Crippen LogP contribution in [0.1, 0.15) is 23.2 Å². The molecule has 0 radical (unpaired) electrons. The molecule has 0 aliphatic carbocycles. The van der Waals surface area contributed by atoms with E-state index in [4.69, 9.17) is 0 Å². The van der Waals surface area contributed by atoms with E-state index in [-0.39, 0.29) is 42.5 Å². The van der Waals surface area contributed by atoms with Crippen molar-refractivity contribution < 1.29 is 22.0 Å². The van der Waals surface area contributed by atoms with Crippen LogP contribution in [0, 0.1) is 11.6 Å². The lowest BCUT2D eigenvalue weighted by atomic mass is 10.2. The quantitative estimate of drug-likeness (QED) is 0.258. The Kier molecular flexibility index (Phi) is 9.36. The van der Waals surface area contributed by atoms with Gasteiger partial charge in [0, 0.05) is 30.5 Å². The first-order valence-corrected chi connectivity index (χ1v) is 8.65. The smallest absolute Gasteiger partial charge is 0.357 e. The lowest BCUT2D eigenvalue weighted by Crippen LogP contribution is -2.38. The second-order valence-corrected chi connectivity index (χ2v) is 6.17. The lowest BCUT2D eigenvalue weighted by molar-refractivity contribution is -0.140. The van der Waals surface area contributed by atoms with Gasteiger partial charge in [-0.2, -0.15) is 13.2 Å². The molecule has 27 heavy (non-hydrogen) atoms. The largest absolute Gasteiger partial charge is 0.434 e. The van der Waals surface area contributed by atoms with Crippen molar-refractivity contribution in [3.05, 3.63) is 51.5 Å². The predicted molar refractivity (Wildman–Crippen MR) is 105 cm³/mol. The highest BCUT2D eigenvalue weighted by molar-refractivity contribution is 14.0. The maximum atomic E-state index is 13.6. The zero-order valence-corrected chi connectivity index (χ0v) is 17.4. The van der Waals surface area contributed by atoms with Gasteiger partial charge in [-0.3, -0.25) is 0 Å². The van der Waals surface area contributed by atoms with E-state index in [1.165, 1.54) is 0 Å². The van der Waals surface area contributed by atoms with Crippen LogP contribution in [0.5, 0.6) is 0 Å². The zero-order chi connectivity index (χ0) is 19.2. The first-order chi connectivity index (χ1) is 12.3. The number of aliphatic imine (C=N–C) groups is 1. The molecule has 0 aliphatic rings. The Hall–Kier alpha value is -1.50. The second kappa shape index (κ2) is 10.7. The van der Waals surface area contributed by atoms with E-state index in [2.05, 4.69) is 20.6 Å². The molecule has 1 heterocycles. The summed E-state index contributed by atoms with van der Waals surface area (Å²) in [7, 11) is 0. The predicted octanol–water partition coefficient (Wildman–Crippen LogP) is 4.36. The van der Waals surface area contributed by atoms with Crippen molar-refractivity contribution in [2.45, 2.75) is 26.1 Å². The Labute approximate surface area is 174 Å². The van der Waals surface area contributed by atoms with Crippen LogP contribution in [0.25, 0.3) is 0 Å². The number of benzene rings is 1. The van der Waals surface area contributed by atoms with Crippen molar-refractivity contribution in [3.63, 3.8) is 0 Å². The van der Waals surface area contributed by atoms with Gasteiger partial charge in [-0.1, -0.05) is 0 Å². The van der Waals surface area contributed by atoms with Crippen molar-refractivity contribution in [1.29, 1.82) is 0 Å². The Morgan fingerprint density at radius 1 is 1.22 bits per heavy atom. The molecule has 2 aromatic rings. The van der Waals surface area contributed by atoms with Crippen LogP contribution in [0.3, 0.4) is 0 Å². The number of hydrogen-bond acceptors (Lipinski definition) is 3. The van der Waals surface area contributed by atoms with Gasteiger partial charge in [-0.15, -0.1) is 35.3 Å². The number of hydrogen-bond donors (Lipinski definition) is 2. The Bertz CT molecular complexity index is 764. The number of nitrogens with one attached hydrogen (secondary N) is 2. The molecule has 0 bridgehead atoms. The number of guanidine groups is 1. The van der Waals surface area contributed by atoms with Crippen LogP contribution in [0.4, 0.5) is 22.0 Å². The summed E-state index contributed by atoms with van der Waals surface area (Å²) in [4.78, 5) is 7.69. The van der Waals surface area contributed by atoms with E-state index in [1.807, 2.05) is 6.92 Å². The highest BCUT2D eigenvalue weighted by atomic mass is 127. The van der Waals surface area contributed by atoms with Crippen LogP contribution in [0.15, 0.2) is 28.6 Å². The van der Waals surface area contributed by atoms with Crippen LogP contribution < -0.4 is 10.6 Å². The fourth-order valence-electron chi connectivity index (χ4n) is 2.01. The molecule has 1 aromatic heterocycles. The molecule has 0 atom stereocenters. The molecule has 0 saturated heterocycles. The van der Waals surface area contributed by atoms with Gasteiger partial charge < -0.3 is 10.6 Å². The second-order valence-electron chi connectivity index (χ2n) is 5.23. The molecule has 0 aliphatic heterocycles.